The van der Waals surface area contributed by atoms with Crippen LogP contribution >= 0.6 is 0 Å². The highest BCUT2D eigenvalue weighted by atomic mass is 16.5. The molecular formula is C17H20N2O. The molecular weight excluding hydrogens is 248 g/mol. The molecule has 3 heteroatoms. The zero-order chi connectivity index (χ0) is 14.7. The average Bonchev–Trinajstić information content (AvgIpc) is 2.41. The van der Waals surface area contributed by atoms with Gasteiger partial charge >= 0.3 is 0 Å². The average molecular weight is 268 g/mol. The summed E-state index contributed by atoms with van der Waals surface area (Å²) in [6, 6.07) is 11.8. The predicted octanol–water partition coefficient (Wildman–Crippen LogP) is 3.47. The number of hydrogen-bond donors (Lipinski definition) is 2. The summed E-state index contributed by atoms with van der Waals surface area (Å²) in [5.41, 5.74) is 10.8. The SMILES string of the molecule is Cc1cc(C)c(C)c(OCc2cccc(C(=N)N)c2)c1. The van der Waals surface area contributed by atoms with Gasteiger partial charge in [0.2, 0.25) is 0 Å². The smallest absolute Gasteiger partial charge is 0.123 e. The van der Waals surface area contributed by atoms with Crippen LogP contribution in [0.15, 0.2) is 36.4 Å². The number of nitrogens with two attached hydrogens (primary N) is 1. The van der Waals surface area contributed by atoms with Gasteiger partial charge < -0.3 is 10.5 Å². The van der Waals surface area contributed by atoms with Crippen molar-refractivity contribution in [2.24, 2.45) is 5.73 Å². The molecule has 0 saturated heterocycles. The Bertz CT molecular complexity index is 647. The molecule has 3 N–H and O–H groups in total. The monoisotopic (exact) mass is 268 g/mol. The van der Waals surface area contributed by atoms with Gasteiger partial charge in [0.1, 0.15) is 18.2 Å². The van der Waals surface area contributed by atoms with E-state index in [0.717, 1.165) is 16.9 Å². The number of aryl methyl sites for hydroxylation is 2. The Morgan fingerprint density at radius 1 is 1.15 bits per heavy atom. The third-order valence-corrected chi connectivity index (χ3v) is 3.40. The van der Waals surface area contributed by atoms with Crippen LogP contribution in [0.1, 0.15) is 27.8 Å². The molecule has 0 aliphatic rings. The first-order chi connectivity index (χ1) is 9.47. The molecule has 0 aliphatic carbocycles. The van der Waals surface area contributed by atoms with Crippen molar-refractivity contribution in [3.8, 4) is 5.75 Å². The Morgan fingerprint density at radius 2 is 1.90 bits per heavy atom. The Balaban J connectivity index is 2.17. The molecule has 0 fully saturated rings. The molecule has 2 rings (SSSR count). The molecule has 104 valence electrons. The van der Waals surface area contributed by atoms with E-state index in [1.165, 1.54) is 16.7 Å². The van der Waals surface area contributed by atoms with Gasteiger partial charge in [-0.15, -0.1) is 0 Å². The summed E-state index contributed by atoms with van der Waals surface area (Å²) in [5, 5.41) is 7.46. The lowest BCUT2D eigenvalue weighted by Gasteiger charge is -2.13. The van der Waals surface area contributed by atoms with Crippen LogP contribution in [0.2, 0.25) is 0 Å². The number of rotatable bonds is 4. The number of nitrogen functional groups attached to an aromatic ring is 1. The van der Waals surface area contributed by atoms with E-state index in [1.54, 1.807) is 0 Å². The quantitative estimate of drug-likeness (QED) is 0.659. The highest BCUT2D eigenvalue weighted by molar-refractivity contribution is 5.95. The van der Waals surface area contributed by atoms with Gasteiger partial charge in [-0.3, -0.25) is 5.41 Å². The Morgan fingerprint density at radius 3 is 2.60 bits per heavy atom. The highest BCUT2D eigenvalue weighted by Crippen LogP contribution is 2.24. The maximum absolute atomic E-state index is 7.46. The summed E-state index contributed by atoms with van der Waals surface area (Å²) >= 11 is 0. The summed E-state index contributed by atoms with van der Waals surface area (Å²) < 4.78 is 5.91. The third-order valence-electron chi connectivity index (χ3n) is 3.40. The lowest BCUT2D eigenvalue weighted by Crippen LogP contribution is -2.11. The Hall–Kier alpha value is -2.29. The molecule has 0 bridgehead atoms. The first-order valence-electron chi connectivity index (χ1n) is 6.61. The van der Waals surface area contributed by atoms with Crippen LogP contribution in [0.3, 0.4) is 0 Å². The molecule has 3 nitrogen and oxygen atoms in total. The summed E-state index contributed by atoms with van der Waals surface area (Å²) in [6.07, 6.45) is 0. The van der Waals surface area contributed by atoms with E-state index in [9.17, 15) is 0 Å². The van der Waals surface area contributed by atoms with Crippen molar-refractivity contribution in [2.45, 2.75) is 27.4 Å². The van der Waals surface area contributed by atoms with Crippen molar-refractivity contribution in [3.63, 3.8) is 0 Å². The fourth-order valence-corrected chi connectivity index (χ4v) is 2.14. The molecule has 2 aromatic carbocycles. The second-order valence-corrected chi connectivity index (χ2v) is 5.11. The van der Waals surface area contributed by atoms with E-state index in [-0.39, 0.29) is 5.84 Å². The van der Waals surface area contributed by atoms with Gasteiger partial charge in [-0.2, -0.15) is 0 Å². The normalized spacial score (nSPS) is 10.3. The third kappa shape index (κ3) is 3.18. The largest absolute Gasteiger partial charge is 0.489 e. The number of benzene rings is 2. The molecule has 20 heavy (non-hydrogen) atoms. The van der Waals surface area contributed by atoms with E-state index in [4.69, 9.17) is 15.9 Å². The second-order valence-electron chi connectivity index (χ2n) is 5.11. The van der Waals surface area contributed by atoms with Crippen molar-refractivity contribution in [1.29, 1.82) is 5.41 Å². The van der Waals surface area contributed by atoms with Crippen molar-refractivity contribution in [2.75, 3.05) is 0 Å². The van der Waals surface area contributed by atoms with Crippen molar-refractivity contribution >= 4 is 5.84 Å². The van der Waals surface area contributed by atoms with E-state index in [0.29, 0.717) is 6.61 Å². The predicted molar refractivity (Wildman–Crippen MR) is 82.4 cm³/mol. The van der Waals surface area contributed by atoms with Gasteiger partial charge in [-0.05, 0) is 55.2 Å². The lowest BCUT2D eigenvalue weighted by atomic mass is 10.1. The maximum Gasteiger partial charge on any atom is 0.123 e. The maximum atomic E-state index is 7.46. The minimum absolute atomic E-state index is 0.0782. The van der Waals surface area contributed by atoms with E-state index in [1.807, 2.05) is 24.3 Å². The first kappa shape index (κ1) is 14.1. The van der Waals surface area contributed by atoms with Crippen LogP contribution in [0.5, 0.6) is 5.75 Å². The van der Waals surface area contributed by atoms with Gasteiger partial charge in [0.15, 0.2) is 0 Å². The summed E-state index contributed by atoms with van der Waals surface area (Å²) in [4.78, 5) is 0. The topological polar surface area (TPSA) is 59.1 Å². The molecule has 0 amide bonds. The molecule has 0 atom stereocenters. The molecule has 0 radical (unpaired) electrons. The van der Waals surface area contributed by atoms with Gasteiger partial charge in [0.25, 0.3) is 0 Å². The fraction of sp³-hybridized carbons (Fsp3) is 0.235. The molecule has 0 heterocycles. The van der Waals surface area contributed by atoms with Crippen LogP contribution in [0.4, 0.5) is 0 Å². The van der Waals surface area contributed by atoms with Crippen LogP contribution in [-0.2, 0) is 6.61 Å². The highest BCUT2D eigenvalue weighted by Gasteiger charge is 2.05. The Labute approximate surface area is 119 Å². The summed E-state index contributed by atoms with van der Waals surface area (Å²) in [7, 11) is 0. The Kier molecular flexibility index (Phi) is 4.08. The van der Waals surface area contributed by atoms with E-state index in [2.05, 4.69) is 32.9 Å². The van der Waals surface area contributed by atoms with E-state index >= 15 is 0 Å². The van der Waals surface area contributed by atoms with Gasteiger partial charge in [-0.1, -0.05) is 24.3 Å². The number of nitrogens with one attached hydrogen (secondary N) is 1. The van der Waals surface area contributed by atoms with Gasteiger partial charge in [-0.25, -0.2) is 0 Å². The van der Waals surface area contributed by atoms with Crippen molar-refractivity contribution in [3.05, 3.63) is 64.2 Å². The fourth-order valence-electron chi connectivity index (χ4n) is 2.14. The summed E-state index contributed by atoms with van der Waals surface area (Å²) in [5.74, 6) is 0.991. The van der Waals surface area contributed by atoms with Crippen LogP contribution in [0.25, 0.3) is 0 Å². The number of ether oxygens (including phenoxy) is 1. The standard InChI is InChI=1S/C17H20N2O/c1-11-7-12(2)13(3)16(8-11)20-10-14-5-4-6-15(9-14)17(18)19/h4-9H,10H2,1-3H3,(H3,18,19). The molecule has 2 aromatic rings. The van der Waals surface area contributed by atoms with Crippen molar-refractivity contribution < 1.29 is 4.74 Å². The summed E-state index contributed by atoms with van der Waals surface area (Å²) in [6.45, 7) is 6.70. The van der Waals surface area contributed by atoms with Crippen LogP contribution in [-0.4, -0.2) is 5.84 Å². The molecule has 0 spiro atoms. The van der Waals surface area contributed by atoms with Gasteiger partial charge in [0.05, 0.1) is 0 Å². The zero-order valence-corrected chi connectivity index (χ0v) is 12.2. The van der Waals surface area contributed by atoms with Crippen molar-refractivity contribution in [1.82, 2.24) is 0 Å². The van der Waals surface area contributed by atoms with Crippen LogP contribution in [0, 0.1) is 26.2 Å². The minimum Gasteiger partial charge on any atom is -0.489 e. The zero-order valence-electron chi connectivity index (χ0n) is 12.2. The molecule has 0 saturated carbocycles. The van der Waals surface area contributed by atoms with Gasteiger partial charge in [0, 0.05) is 5.56 Å². The first-order valence-corrected chi connectivity index (χ1v) is 6.61. The number of hydrogen-bond acceptors (Lipinski definition) is 2. The lowest BCUT2D eigenvalue weighted by molar-refractivity contribution is 0.303. The molecule has 0 aromatic heterocycles. The second kappa shape index (κ2) is 5.78. The van der Waals surface area contributed by atoms with E-state index < -0.39 is 0 Å². The molecule has 0 aliphatic heterocycles. The molecule has 0 unspecified atom stereocenters. The van der Waals surface area contributed by atoms with Crippen LogP contribution < -0.4 is 10.5 Å². The number of amidine groups is 1. The minimum atomic E-state index is 0.0782.